The number of carbonyl (C=O) groups is 2. The first-order valence-electron chi connectivity index (χ1n) is 15.2. The van der Waals surface area contributed by atoms with Gasteiger partial charge in [-0.1, -0.05) is 25.1 Å². The molecule has 5 rings (SSSR count). The molecule has 1 fully saturated rings. The van der Waals surface area contributed by atoms with Crippen LogP contribution in [0.3, 0.4) is 0 Å². The van der Waals surface area contributed by atoms with E-state index in [2.05, 4.69) is 48.5 Å². The molecule has 4 heterocycles. The summed E-state index contributed by atoms with van der Waals surface area (Å²) in [7, 11) is 1.63. The molecule has 0 bridgehead atoms. The average molecular weight is 613 g/mol. The topological polar surface area (TPSA) is 144 Å². The number of fused-ring (bicyclic) bond motifs is 1. The third-order valence-corrected chi connectivity index (χ3v) is 7.58. The van der Waals surface area contributed by atoms with E-state index in [0.29, 0.717) is 36.7 Å². The number of piperidine rings is 1. The van der Waals surface area contributed by atoms with Crippen molar-refractivity contribution in [1.29, 1.82) is 0 Å². The number of benzene rings is 1. The van der Waals surface area contributed by atoms with Crippen molar-refractivity contribution in [2.45, 2.75) is 64.6 Å². The van der Waals surface area contributed by atoms with Gasteiger partial charge < -0.3 is 25.0 Å². The Kier molecular flexibility index (Phi) is 9.70. The molecule has 2 atom stereocenters. The lowest BCUT2D eigenvalue weighted by Crippen LogP contribution is -2.46. The van der Waals surface area contributed by atoms with E-state index < -0.39 is 5.60 Å². The van der Waals surface area contributed by atoms with Crippen molar-refractivity contribution < 1.29 is 19.1 Å². The largest absolute Gasteiger partial charge is 0.458 e. The predicted molar refractivity (Wildman–Crippen MR) is 171 cm³/mol. The molecule has 236 valence electrons. The molecule has 45 heavy (non-hydrogen) atoms. The van der Waals surface area contributed by atoms with Gasteiger partial charge in [-0.05, 0) is 57.6 Å². The second-order valence-electron chi connectivity index (χ2n) is 12.1. The van der Waals surface area contributed by atoms with Crippen LogP contribution in [0.4, 0.5) is 10.6 Å². The highest BCUT2D eigenvalue weighted by Gasteiger charge is 2.29. The maximum atomic E-state index is 12.5. The minimum Gasteiger partial charge on any atom is -0.458 e. The van der Waals surface area contributed by atoms with Gasteiger partial charge in [-0.15, -0.1) is 0 Å². The zero-order valence-electron chi connectivity index (χ0n) is 26.4. The lowest BCUT2D eigenvalue weighted by Gasteiger charge is -2.33. The van der Waals surface area contributed by atoms with Gasteiger partial charge in [0.1, 0.15) is 23.9 Å². The van der Waals surface area contributed by atoms with Crippen LogP contribution in [0.5, 0.6) is 6.01 Å². The van der Waals surface area contributed by atoms with Crippen LogP contribution < -0.4 is 15.4 Å². The number of amides is 2. The molecule has 12 nitrogen and oxygen atoms in total. The number of nitrogens with one attached hydrogen (secondary N) is 2. The summed E-state index contributed by atoms with van der Waals surface area (Å²) < 4.78 is 11.5. The molecule has 2 amide bonds. The van der Waals surface area contributed by atoms with Gasteiger partial charge in [0, 0.05) is 55.7 Å². The van der Waals surface area contributed by atoms with Crippen LogP contribution in [-0.4, -0.2) is 80.2 Å². The number of aromatic nitrogens is 5. The zero-order valence-corrected chi connectivity index (χ0v) is 26.4. The first-order chi connectivity index (χ1) is 21.6. The van der Waals surface area contributed by atoms with Crippen LogP contribution in [0.25, 0.3) is 22.2 Å². The van der Waals surface area contributed by atoms with Gasteiger partial charge in [-0.3, -0.25) is 9.78 Å². The van der Waals surface area contributed by atoms with Gasteiger partial charge in [-0.25, -0.2) is 24.7 Å². The Hall–Kier alpha value is -4.87. The van der Waals surface area contributed by atoms with Crippen LogP contribution in [0.2, 0.25) is 0 Å². The van der Waals surface area contributed by atoms with Gasteiger partial charge in [-0.2, -0.15) is 0 Å². The second-order valence-corrected chi connectivity index (χ2v) is 12.1. The Morgan fingerprint density at radius 1 is 1.09 bits per heavy atom. The van der Waals surface area contributed by atoms with Gasteiger partial charge in [0.25, 0.3) is 5.91 Å². The summed E-state index contributed by atoms with van der Waals surface area (Å²) in [6.07, 6.45) is 8.43. The lowest BCUT2D eigenvalue weighted by molar-refractivity contribution is 0.00660. The van der Waals surface area contributed by atoms with Crippen LogP contribution in [0.15, 0.2) is 55.2 Å². The third-order valence-electron chi connectivity index (χ3n) is 7.58. The summed E-state index contributed by atoms with van der Waals surface area (Å²) >= 11 is 0. The Morgan fingerprint density at radius 2 is 1.89 bits per heavy atom. The zero-order chi connectivity index (χ0) is 32.0. The van der Waals surface area contributed by atoms with Crippen molar-refractivity contribution in [3.63, 3.8) is 0 Å². The quantitative estimate of drug-likeness (QED) is 0.258. The predicted octanol–water partition coefficient (Wildman–Crippen LogP) is 5.23. The molecule has 3 aromatic heterocycles. The molecule has 2 N–H and O–H groups in total. The van der Waals surface area contributed by atoms with Crippen molar-refractivity contribution in [2.24, 2.45) is 0 Å². The molecule has 0 spiro atoms. The molecule has 0 aliphatic carbocycles. The van der Waals surface area contributed by atoms with E-state index >= 15 is 0 Å². The first kappa shape index (κ1) is 31.6. The maximum absolute atomic E-state index is 12.5. The van der Waals surface area contributed by atoms with Gasteiger partial charge in [0.15, 0.2) is 0 Å². The monoisotopic (exact) mass is 612 g/mol. The first-order valence-corrected chi connectivity index (χ1v) is 15.2. The number of ether oxygens (including phenoxy) is 2. The fourth-order valence-electron chi connectivity index (χ4n) is 5.30. The van der Waals surface area contributed by atoms with E-state index in [1.54, 1.807) is 36.6 Å². The molecule has 1 aromatic carbocycles. The number of likely N-dealkylation sites (tertiary alicyclic amines) is 1. The fraction of sp³-hybridized carbons (Fsp3) is 0.424. The number of para-hydroxylation sites is 1. The van der Waals surface area contributed by atoms with E-state index in [-0.39, 0.29) is 30.0 Å². The number of anilines is 1. The highest BCUT2D eigenvalue weighted by molar-refractivity contribution is 6.06. The molecule has 0 saturated carbocycles. The third kappa shape index (κ3) is 8.00. The molecule has 1 aliphatic rings. The van der Waals surface area contributed by atoms with E-state index in [4.69, 9.17) is 9.47 Å². The SMILES string of the molecule is CNC(=O)c1ccnc2c(C(C)CCNc3cc(-c4cnc(OC5CCCN(C(=O)OC(C)(C)C)C5)nc4)ncn3)cccc12. The minimum atomic E-state index is -0.547. The lowest BCUT2D eigenvalue weighted by atomic mass is 9.94. The van der Waals surface area contributed by atoms with Gasteiger partial charge >= 0.3 is 12.1 Å². The van der Waals surface area contributed by atoms with Crippen molar-refractivity contribution in [1.82, 2.24) is 35.1 Å². The Bertz CT molecular complexity index is 1640. The highest BCUT2D eigenvalue weighted by Crippen LogP contribution is 2.28. The van der Waals surface area contributed by atoms with Crippen LogP contribution in [0, 0.1) is 0 Å². The van der Waals surface area contributed by atoms with E-state index in [1.807, 2.05) is 39.0 Å². The molecule has 4 aromatic rings. The smallest absolute Gasteiger partial charge is 0.410 e. The number of carbonyl (C=O) groups excluding carboxylic acids is 2. The molecule has 1 saturated heterocycles. The van der Waals surface area contributed by atoms with Crippen molar-refractivity contribution in [3.8, 4) is 17.3 Å². The second kappa shape index (κ2) is 13.8. The van der Waals surface area contributed by atoms with Crippen LogP contribution in [-0.2, 0) is 4.74 Å². The van der Waals surface area contributed by atoms with Crippen molar-refractivity contribution >= 4 is 28.7 Å². The maximum Gasteiger partial charge on any atom is 0.410 e. The summed E-state index contributed by atoms with van der Waals surface area (Å²) in [6, 6.07) is 9.82. The van der Waals surface area contributed by atoms with E-state index in [1.165, 1.54) is 6.33 Å². The van der Waals surface area contributed by atoms with Gasteiger partial charge in [0.05, 0.1) is 23.3 Å². The molecule has 1 aliphatic heterocycles. The summed E-state index contributed by atoms with van der Waals surface area (Å²) in [6.45, 7) is 9.45. The number of hydrogen-bond acceptors (Lipinski definition) is 10. The Morgan fingerprint density at radius 3 is 2.64 bits per heavy atom. The fourth-order valence-corrected chi connectivity index (χ4v) is 5.30. The Balaban J connectivity index is 1.17. The summed E-state index contributed by atoms with van der Waals surface area (Å²) in [5, 5.41) is 6.94. The van der Waals surface area contributed by atoms with Crippen LogP contribution >= 0.6 is 0 Å². The van der Waals surface area contributed by atoms with Crippen molar-refractivity contribution in [3.05, 3.63) is 66.4 Å². The summed E-state index contributed by atoms with van der Waals surface area (Å²) in [5.74, 6) is 0.753. The number of hydrogen-bond donors (Lipinski definition) is 2. The molecular weight excluding hydrogens is 572 g/mol. The summed E-state index contributed by atoms with van der Waals surface area (Å²) in [4.78, 5) is 48.6. The molecule has 0 radical (unpaired) electrons. The molecule has 2 unspecified atom stereocenters. The standard InChI is InChI=1S/C33H40N8O4/c1-21(24-9-6-10-25-26(30(42)34-5)12-14-36-29(24)25)11-13-35-28-16-27(39-20-40-28)22-17-37-31(38-18-22)44-23-8-7-15-41(19-23)32(43)45-33(2,3)4/h6,9-10,12,14,16-18,20-21,23H,7-8,11,13,15,19H2,1-5H3,(H,34,42)(H,35,39,40). The van der Waals surface area contributed by atoms with E-state index in [9.17, 15) is 9.59 Å². The highest BCUT2D eigenvalue weighted by atomic mass is 16.6. The van der Waals surface area contributed by atoms with E-state index in [0.717, 1.165) is 41.3 Å². The normalized spacial score (nSPS) is 15.8. The average Bonchev–Trinajstić information content (AvgIpc) is 3.03. The molecular formula is C33H40N8O4. The van der Waals surface area contributed by atoms with Gasteiger partial charge in [0.2, 0.25) is 0 Å². The van der Waals surface area contributed by atoms with Crippen LogP contribution in [0.1, 0.15) is 68.8 Å². The number of nitrogens with zero attached hydrogens (tertiary/aromatic N) is 6. The number of rotatable bonds is 9. The Labute approximate surface area is 263 Å². The summed E-state index contributed by atoms with van der Waals surface area (Å²) in [5.41, 5.74) is 3.41. The van der Waals surface area contributed by atoms with Crippen molar-refractivity contribution in [2.75, 3.05) is 32.0 Å². The number of pyridine rings is 1. The molecule has 12 heteroatoms. The minimum absolute atomic E-state index is 0.128.